The summed E-state index contributed by atoms with van der Waals surface area (Å²) in [6, 6.07) is 1.64. The van der Waals surface area contributed by atoms with Crippen LogP contribution in [0.1, 0.15) is 29.0 Å². The summed E-state index contributed by atoms with van der Waals surface area (Å²) in [5.41, 5.74) is 2.63. The zero-order valence-corrected chi connectivity index (χ0v) is 11.2. The fraction of sp³-hybridized carbons (Fsp3) is 0.615. The van der Waals surface area contributed by atoms with Gasteiger partial charge in [-0.15, -0.1) is 0 Å². The minimum Gasteiger partial charge on any atom is -0.467 e. The monoisotopic (exact) mass is 267 g/mol. The number of rotatable bonds is 5. The Labute approximate surface area is 112 Å². The lowest BCUT2D eigenvalue weighted by Crippen LogP contribution is -2.32. The molecule has 0 saturated carbocycles. The van der Waals surface area contributed by atoms with E-state index in [9.17, 15) is 4.79 Å². The molecule has 0 radical (unpaired) electrons. The van der Waals surface area contributed by atoms with Gasteiger partial charge in [-0.2, -0.15) is 0 Å². The van der Waals surface area contributed by atoms with Gasteiger partial charge in [0.05, 0.1) is 18.4 Å². The van der Waals surface area contributed by atoms with Crippen LogP contribution in [-0.2, 0) is 11.3 Å². The van der Waals surface area contributed by atoms with Crippen molar-refractivity contribution in [2.45, 2.75) is 19.4 Å². The molecular formula is C13H21N3O3. The molecule has 1 amide bonds. The Morgan fingerprint density at radius 2 is 2.26 bits per heavy atom. The molecule has 106 valence electrons. The molecule has 6 nitrogen and oxygen atoms in total. The van der Waals surface area contributed by atoms with E-state index in [1.807, 2.05) is 7.05 Å². The summed E-state index contributed by atoms with van der Waals surface area (Å²) in [4.78, 5) is 13.7. The summed E-state index contributed by atoms with van der Waals surface area (Å²) in [5.74, 6) is 6.13. The van der Waals surface area contributed by atoms with Crippen LogP contribution >= 0.6 is 0 Å². The minimum atomic E-state index is -0.316. The number of hydrogen-bond acceptors (Lipinski definition) is 5. The number of carbonyl (C=O) groups is 1. The first-order valence-electron chi connectivity index (χ1n) is 6.54. The Morgan fingerprint density at radius 3 is 2.95 bits per heavy atom. The number of amides is 1. The Morgan fingerprint density at radius 1 is 1.53 bits per heavy atom. The molecule has 19 heavy (non-hydrogen) atoms. The summed E-state index contributed by atoms with van der Waals surface area (Å²) in [6.07, 6.45) is 3.71. The van der Waals surface area contributed by atoms with Crippen LogP contribution in [0.15, 0.2) is 16.7 Å². The predicted molar refractivity (Wildman–Crippen MR) is 70.2 cm³/mol. The summed E-state index contributed by atoms with van der Waals surface area (Å²) in [7, 11) is 2.03. The molecule has 2 rings (SSSR count). The van der Waals surface area contributed by atoms with Crippen molar-refractivity contribution in [1.29, 1.82) is 0 Å². The molecule has 1 aromatic rings. The Balaban J connectivity index is 1.89. The van der Waals surface area contributed by atoms with E-state index < -0.39 is 0 Å². The lowest BCUT2D eigenvalue weighted by Gasteiger charge is -2.26. The van der Waals surface area contributed by atoms with E-state index >= 15 is 0 Å². The van der Waals surface area contributed by atoms with Crippen molar-refractivity contribution in [2.75, 3.05) is 26.8 Å². The number of nitrogens with two attached hydrogens (primary N) is 1. The highest BCUT2D eigenvalue weighted by Crippen LogP contribution is 2.18. The van der Waals surface area contributed by atoms with Gasteiger partial charge in [0.25, 0.3) is 5.91 Å². The zero-order chi connectivity index (χ0) is 13.7. The Bertz CT molecular complexity index is 413. The molecule has 0 unspecified atom stereocenters. The maximum atomic E-state index is 11.5. The number of nitrogen functional groups attached to an aromatic ring is 1. The van der Waals surface area contributed by atoms with Crippen LogP contribution < -0.4 is 11.3 Å². The van der Waals surface area contributed by atoms with Gasteiger partial charge in [0.15, 0.2) is 0 Å². The van der Waals surface area contributed by atoms with Crippen molar-refractivity contribution in [3.05, 3.63) is 23.7 Å². The average molecular weight is 267 g/mol. The fourth-order valence-electron chi connectivity index (χ4n) is 2.42. The van der Waals surface area contributed by atoms with Gasteiger partial charge in [0.2, 0.25) is 0 Å². The second-order valence-corrected chi connectivity index (χ2v) is 4.98. The van der Waals surface area contributed by atoms with Crippen LogP contribution in [0.4, 0.5) is 0 Å². The first kappa shape index (κ1) is 14.0. The first-order chi connectivity index (χ1) is 9.20. The van der Waals surface area contributed by atoms with Crippen molar-refractivity contribution in [1.82, 2.24) is 10.3 Å². The third-order valence-corrected chi connectivity index (χ3v) is 3.45. The van der Waals surface area contributed by atoms with Gasteiger partial charge in [0.1, 0.15) is 5.76 Å². The van der Waals surface area contributed by atoms with E-state index in [4.69, 9.17) is 15.0 Å². The van der Waals surface area contributed by atoms with E-state index in [-0.39, 0.29) is 5.91 Å². The molecule has 1 fully saturated rings. The molecule has 0 aliphatic carbocycles. The third-order valence-electron chi connectivity index (χ3n) is 3.45. The molecule has 1 aromatic heterocycles. The van der Waals surface area contributed by atoms with Crippen LogP contribution in [-0.4, -0.2) is 37.6 Å². The zero-order valence-electron chi connectivity index (χ0n) is 11.2. The van der Waals surface area contributed by atoms with Gasteiger partial charge in [-0.25, -0.2) is 5.84 Å². The van der Waals surface area contributed by atoms with E-state index in [2.05, 4.69) is 10.3 Å². The van der Waals surface area contributed by atoms with Crippen LogP contribution in [0, 0.1) is 5.92 Å². The van der Waals surface area contributed by atoms with Gasteiger partial charge >= 0.3 is 0 Å². The van der Waals surface area contributed by atoms with Crippen molar-refractivity contribution in [3.63, 3.8) is 0 Å². The largest absolute Gasteiger partial charge is 0.467 e. The van der Waals surface area contributed by atoms with Crippen LogP contribution in [0.3, 0.4) is 0 Å². The van der Waals surface area contributed by atoms with E-state index in [1.165, 1.54) is 6.26 Å². The van der Waals surface area contributed by atoms with Gasteiger partial charge in [-0.3, -0.25) is 15.1 Å². The van der Waals surface area contributed by atoms with E-state index in [1.54, 1.807) is 6.07 Å². The van der Waals surface area contributed by atoms with E-state index in [0.29, 0.717) is 23.8 Å². The number of carbonyl (C=O) groups excluding carboxylic acids is 1. The van der Waals surface area contributed by atoms with Gasteiger partial charge in [-0.1, -0.05) is 0 Å². The van der Waals surface area contributed by atoms with E-state index in [0.717, 1.165) is 32.6 Å². The normalized spacial score (nSPS) is 16.8. The highest BCUT2D eigenvalue weighted by molar-refractivity contribution is 5.94. The fourth-order valence-corrected chi connectivity index (χ4v) is 2.42. The maximum absolute atomic E-state index is 11.5. The second kappa shape index (κ2) is 6.70. The minimum absolute atomic E-state index is 0.316. The van der Waals surface area contributed by atoms with Crippen molar-refractivity contribution in [3.8, 4) is 0 Å². The number of hydrazine groups is 1. The topological polar surface area (TPSA) is 80.7 Å². The summed E-state index contributed by atoms with van der Waals surface area (Å²) in [5, 5.41) is 0. The lowest BCUT2D eigenvalue weighted by atomic mass is 10.00. The molecule has 1 saturated heterocycles. The van der Waals surface area contributed by atoms with Crippen LogP contribution in [0.2, 0.25) is 0 Å². The molecule has 0 atom stereocenters. The Kier molecular flexibility index (Phi) is 4.95. The average Bonchev–Trinajstić information content (AvgIpc) is 2.87. The SMILES string of the molecule is CN(Cc1occc1C(=O)NN)CC1CCOCC1. The molecule has 6 heteroatoms. The predicted octanol–water partition coefficient (Wildman–Crippen LogP) is 0.741. The molecule has 0 spiro atoms. The number of hydrogen-bond donors (Lipinski definition) is 2. The van der Waals surface area contributed by atoms with Gasteiger partial charge < -0.3 is 9.15 Å². The van der Waals surface area contributed by atoms with Crippen LogP contribution in [0.5, 0.6) is 0 Å². The molecule has 1 aliphatic rings. The smallest absolute Gasteiger partial charge is 0.268 e. The number of nitrogens with one attached hydrogen (secondary N) is 1. The molecular weight excluding hydrogens is 246 g/mol. The summed E-state index contributed by atoms with van der Waals surface area (Å²) < 4.78 is 10.7. The number of nitrogens with zero attached hydrogens (tertiary/aromatic N) is 1. The number of ether oxygens (including phenoxy) is 1. The molecule has 0 aromatic carbocycles. The lowest BCUT2D eigenvalue weighted by molar-refractivity contribution is 0.0542. The number of furan rings is 1. The standard InChI is InChI=1S/C13H21N3O3/c1-16(8-10-2-5-18-6-3-10)9-12-11(4-7-19-12)13(17)15-14/h4,7,10H,2-3,5-6,8-9,14H2,1H3,(H,15,17). The highest BCUT2D eigenvalue weighted by Gasteiger charge is 2.19. The first-order valence-corrected chi connectivity index (χ1v) is 6.54. The summed E-state index contributed by atoms with van der Waals surface area (Å²) >= 11 is 0. The molecule has 1 aliphatic heterocycles. The van der Waals surface area contributed by atoms with Crippen molar-refractivity contribution in [2.24, 2.45) is 11.8 Å². The molecule has 3 N–H and O–H groups in total. The van der Waals surface area contributed by atoms with Gasteiger partial charge in [0, 0.05) is 19.8 Å². The van der Waals surface area contributed by atoms with Gasteiger partial charge in [-0.05, 0) is 31.9 Å². The maximum Gasteiger partial charge on any atom is 0.268 e. The molecule has 0 bridgehead atoms. The molecule has 2 heterocycles. The van der Waals surface area contributed by atoms with Crippen molar-refractivity contribution >= 4 is 5.91 Å². The Hall–Kier alpha value is -1.37. The van der Waals surface area contributed by atoms with Crippen molar-refractivity contribution < 1.29 is 13.9 Å². The highest BCUT2D eigenvalue weighted by atomic mass is 16.5. The quantitative estimate of drug-likeness (QED) is 0.467. The summed E-state index contributed by atoms with van der Waals surface area (Å²) in [6.45, 7) is 3.28. The second-order valence-electron chi connectivity index (χ2n) is 4.98. The van der Waals surface area contributed by atoms with Crippen LogP contribution in [0.25, 0.3) is 0 Å². The third kappa shape index (κ3) is 3.79.